The molecule has 1 aromatic rings. The topological polar surface area (TPSA) is 55.8 Å². The van der Waals surface area contributed by atoms with E-state index < -0.39 is 24.7 Å². The minimum atomic E-state index is -2.73. The highest BCUT2D eigenvalue weighted by Crippen LogP contribution is 2.36. The molecule has 1 aromatic carbocycles. The molecule has 98 valence electrons. The maximum Gasteiger partial charge on any atom is 0.304 e. The van der Waals surface area contributed by atoms with Crippen LogP contribution in [0.25, 0.3) is 0 Å². The van der Waals surface area contributed by atoms with Crippen LogP contribution in [0.15, 0.2) is 18.2 Å². The van der Waals surface area contributed by atoms with Gasteiger partial charge < -0.3 is 14.6 Å². The van der Waals surface area contributed by atoms with Crippen molar-refractivity contribution in [2.75, 3.05) is 13.2 Å². The van der Waals surface area contributed by atoms with E-state index in [0.717, 1.165) is 0 Å². The largest absolute Gasteiger partial charge is 0.486 e. The molecule has 4 nitrogen and oxygen atoms in total. The van der Waals surface area contributed by atoms with Gasteiger partial charge in [-0.1, -0.05) is 6.07 Å². The monoisotopic (exact) mass is 258 g/mol. The number of rotatable bonds is 4. The van der Waals surface area contributed by atoms with E-state index in [0.29, 0.717) is 24.7 Å². The maximum absolute atomic E-state index is 12.8. The Morgan fingerprint density at radius 2 is 1.94 bits per heavy atom. The van der Waals surface area contributed by atoms with Crippen LogP contribution in [0.5, 0.6) is 11.5 Å². The van der Waals surface area contributed by atoms with Gasteiger partial charge in [-0.25, -0.2) is 8.78 Å². The van der Waals surface area contributed by atoms with Crippen molar-refractivity contribution in [2.24, 2.45) is 0 Å². The van der Waals surface area contributed by atoms with E-state index in [1.54, 1.807) is 0 Å². The number of ether oxygens (including phenoxy) is 2. The van der Waals surface area contributed by atoms with Crippen LogP contribution in [-0.4, -0.2) is 30.7 Å². The summed E-state index contributed by atoms with van der Waals surface area (Å²) in [5, 5.41) is 8.64. The first-order valence-electron chi connectivity index (χ1n) is 5.47. The predicted octanol–water partition coefficient (Wildman–Crippen LogP) is 2.28. The van der Waals surface area contributed by atoms with E-state index in [4.69, 9.17) is 14.6 Å². The third-order valence-electron chi connectivity index (χ3n) is 2.69. The van der Waals surface area contributed by atoms with Gasteiger partial charge in [0.2, 0.25) is 6.43 Å². The molecule has 6 heteroatoms. The standard InChI is InChI=1S/C12H12F2O4/c13-12(14)8(6-11(15)16)7-1-2-9-10(5-7)18-4-3-17-9/h1-2,5,8,12H,3-4,6H2,(H,15,16). The van der Waals surface area contributed by atoms with Gasteiger partial charge in [-0.15, -0.1) is 0 Å². The molecule has 18 heavy (non-hydrogen) atoms. The third kappa shape index (κ3) is 2.69. The Morgan fingerprint density at radius 1 is 1.28 bits per heavy atom. The second-order valence-electron chi connectivity index (χ2n) is 3.94. The first kappa shape index (κ1) is 12.6. The first-order valence-corrected chi connectivity index (χ1v) is 5.47. The van der Waals surface area contributed by atoms with Gasteiger partial charge in [0.25, 0.3) is 0 Å². The number of aliphatic carboxylic acids is 1. The van der Waals surface area contributed by atoms with Crippen molar-refractivity contribution in [3.05, 3.63) is 23.8 Å². The molecule has 0 bridgehead atoms. The normalized spacial score (nSPS) is 15.5. The van der Waals surface area contributed by atoms with Crippen LogP contribution in [0.1, 0.15) is 17.9 Å². The number of carbonyl (C=O) groups is 1. The van der Waals surface area contributed by atoms with E-state index in [2.05, 4.69) is 0 Å². The van der Waals surface area contributed by atoms with Crippen molar-refractivity contribution in [2.45, 2.75) is 18.8 Å². The molecule has 0 amide bonds. The van der Waals surface area contributed by atoms with E-state index in [-0.39, 0.29) is 5.56 Å². The summed E-state index contributed by atoms with van der Waals surface area (Å²) in [6.07, 6.45) is -3.35. The number of carboxylic acid groups (broad SMARTS) is 1. The Hall–Kier alpha value is -1.85. The van der Waals surface area contributed by atoms with Crippen molar-refractivity contribution in [3.8, 4) is 11.5 Å². The molecule has 1 unspecified atom stereocenters. The van der Waals surface area contributed by atoms with E-state index in [1.807, 2.05) is 0 Å². The summed E-state index contributed by atoms with van der Waals surface area (Å²) in [7, 11) is 0. The zero-order valence-corrected chi connectivity index (χ0v) is 9.44. The molecule has 0 radical (unpaired) electrons. The summed E-state index contributed by atoms with van der Waals surface area (Å²) in [5.74, 6) is -1.71. The molecule has 0 spiro atoms. The molecule has 1 aliphatic heterocycles. The summed E-state index contributed by atoms with van der Waals surface area (Å²) in [6.45, 7) is 0.772. The van der Waals surface area contributed by atoms with Crippen LogP contribution in [0.4, 0.5) is 8.78 Å². The van der Waals surface area contributed by atoms with Crippen molar-refractivity contribution < 1.29 is 28.2 Å². The lowest BCUT2D eigenvalue weighted by Gasteiger charge is -2.21. The second-order valence-corrected chi connectivity index (χ2v) is 3.94. The second kappa shape index (κ2) is 5.20. The van der Waals surface area contributed by atoms with Crippen molar-refractivity contribution in [1.82, 2.24) is 0 Å². The average molecular weight is 258 g/mol. The fraction of sp³-hybridized carbons (Fsp3) is 0.417. The van der Waals surface area contributed by atoms with Gasteiger partial charge in [0.15, 0.2) is 11.5 Å². The molecular weight excluding hydrogens is 246 g/mol. The van der Waals surface area contributed by atoms with Crippen LogP contribution in [-0.2, 0) is 4.79 Å². The minimum absolute atomic E-state index is 0.247. The number of halogens is 2. The SMILES string of the molecule is O=C(O)CC(c1ccc2c(c1)OCCO2)C(F)F. The lowest BCUT2D eigenvalue weighted by atomic mass is 9.95. The fourth-order valence-electron chi connectivity index (χ4n) is 1.83. The Morgan fingerprint density at radius 3 is 2.56 bits per heavy atom. The summed E-state index contributed by atoms with van der Waals surface area (Å²) in [5.41, 5.74) is 0.247. The average Bonchev–Trinajstić information content (AvgIpc) is 2.35. The van der Waals surface area contributed by atoms with Crippen LogP contribution in [0.2, 0.25) is 0 Å². The molecule has 0 saturated heterocycles. The number of hydrogen-bond acceptors (Lipinski definition) is 3. The molecule has 2 rings (SSSR count). The van der Waals surface area contributed by atoms with Crippen LogP contribution in [0.3, 0.4) is 0 Å². The van der Waals surface area contributed by atoms with Gasteiger partial charge >= 0.3 is 5.97 Å². The van der Waals surface area contributed by atoms with E-state index >= 15 is 0 Å². The predicted molar refractivity (Wildman–Crippen MR) is 58.4 cm³/mol. The highest BCUT2D eigenvalue weighted by molar-refractivity contribution is 5.68. The minimum Gasteiger partial charge on any atom is -0.486 e. The van der Waals surface area contributed by atoms with Crippen LogP contribution < -0.4 is 9.47 Å². The summed E-state index contributed by atoms with van der Waals surface area (Å²) >= 11 is 0. The number of hydrogen-bond donors (Lipinski definition) is 1. The fourth-order valence-corrected chi connectivity index (χ4v) is 1.83. The van der Waals surface area contributed by atoms with Gasteiger partial charge in [-0.2, -0.15) is 0 Å². The molecule has 1 N–H and O–H groups in total. The number of alkyl halides is 2. The Bertz CT molecular complexity index is 448. The van der Waals surface area contributed by atoms with Gasteiger partial charge in [0, 0.05) is 0 Å². The number of carboxylic acids is 1. The quantitative estimate of drug-likeness (QED) is 0.900. The lowest BCUT2D eigenvalue weighted by molar-refractivity contribution is -0.138. The Balaban J connectivity index is 2.27. The van der Waals surface area contributed by atoms with Gasteiger partial charge in [-0.05, 0) is 17.7 Å². The zero-order chi connectivity index (χ0) is 13.1. The maximum atomic E-state index is 12.8. The summed E-state index contributed by atoms with van der Waals surface area (Å²) in [4.78, 5) is 10.6. The highest BCUT2D eigenvalue weighted by Gasteiger charge is 2.26. The number of benzene rings is 1. The Labute approximate surface area is 102 Å². The zero-order valence-electron chi connectivity index (χ0n) is 9.44. The van der Waals surface area contributed by atoms with E-state index in [1.165, 1.54) is 18.2 Å². The summed E-state index contributed by atoms with van der Waals surface area (Å²) in [6, 6.07) is 4.41. The Kier molecular flexibility index (Phi) is 3.64. The molecule has 1 heterocycles. The van der Waals surface area contributed by atoms with Gasteiger partial charge in [-0.3, -0.25) is 4.79 Å². The van der Waals surface area contributed by atoms with Crippen molar-refractivity contribution in [1.29, 1.82) is 0 Å². The smallest absolute Gasteiger partial charge is 0.304 e. The molecular formula is C12H12F2O4. The molecule has 0 aliphatic carbocycles. The van der Waals surface area contributed by atoms with Crippen LogP contribution >= 0.6 is 0 Å². The van der Waals surface area contributed by atoms with Crippen LogP contribution in [0, 0.1) is 0 Å². The highest BCUT2D eigenvalue weighted by atomic mass is 19.3. The lowest BCUT2D eigenvalue weighted by Crippen LogP contribution is -2.17. The van der Waals surface area contributed by atoms with E-state index in [9.17, 15) is 13.6 Å². The first-order chi connectivity index (χ1) is 8.58. The molecule has 0 aromatic heterocycles. The van der Waals surface area contributed by atoms with Gasteiger partial charge in [0.1, 0.15) is 13.2 Å². The third-order valence-corrected chi connectivity index (χ3v) is 2.69. The number of fused-ring (bicyclic) bond motifs is 1. The summed E-state index contributed by atoms with van der Waals surface area (Å²) < 4.78 is 36.2. The molecule has 1 aliphatic rings. The molecule has 1 atom stereocenters. The molecule has 0 saturated carbocycles. The van der Waals surface area contributed by atoms with Gasteiger partial charge in [0.05, 0.1) is 12.3 Å². The molecule has 0 fully saturated rings. The van der Waals surface area contributed by atoms with Crippen molar-refractivity contribution >= 4 is 5.97 Å². The van der Waals surface area contributed by atoms with Crippen molar-refractivity contribution in [3.63, 3.8) is 0 Å².